The minimum absolute atomic E-state index is 0.0100. The number of rotatable bonds is 4. The second-order valence-electron chi connectivity index (χ2n) is 7.04. The van der Waals surface area contributed by atoms with Crippen LogP contribution in [-0.2, 0) is 5.41 Å². The molecule has 2 heterocycles. The van der Waals surface area contributed by atoms with Crippen molar-refractivity contribution in [2.75, 3.05) is 5.32 Å². The fourth-order valence-electron chi connectivity index (χ4n) is 2.21. The van der Waals surface area contributed by atoms with Gasteiger partial charge in [0.1, 0.15) is 0 Å². The number of carbonyl (C=O) groups is 2. The second-order valence-corrected chi connectivity index (χ2v) is 8.19. The second kappa shape index (κ2) is 8.26. The average Bonchev–Trinajstić information content (AvgIpc) is 3.15. The van der Waals surface area contributed by atoms with Crippen molar-refractivity contribution < 1.29 is 14.1 Å². The molecule has 8 heteroatoms. The summed E-state index contributed by atoms with van der Waals surface area (Å²) < 4.78 is 5.03. The largest absolute Gasteiger partial charge is 0.351 e. The average molecular weight is 396 g/mol. The van der Waals surface area contributed by atoms with E-state index in [1.807, 2.05) is 45.0 Å². The van der Waals surface area contributed by atoms with Crippen molar-refractivity contribution >= 4 is 29.4 Å². The molecule has 0 unspecified atom stereocenters. The number of nitrogens with one attached hydrogen (secondary N) is 2. The summed E-state index contributed by atoms with van der Waals surface area (Å²) in [6.07, 6.45) is 3.47. The van der Waals surface area contributed by atoms with Crippen LogP contribution in [0.25, 0.3) is 0 Å². The lowest BCUT2D eigenvalue weighted by atomic mass is 9.92. The van der Waals surface area contributed by atoms with E-state index < -0.39 is 11.9 Å². The topological polar surface area (TPSA) is 97.1 Å². The number of benzene rings is 1. The summed E-state index contributed by atoms with van der Waals surface area (Å²) in [5, 5.41) is 8.72. The molecule has 2 N–H and O–H groups in total. The zero-order valence-corrected chi connectivity index (χ0v) is 16.5. The number of carbonyl (C=O) groups excluding carboxylic acids is 2. The summed E-state index contributed by atoms with van der Waals surface area (Å²) in [7, 11) is 0. The number of hydrogen-bond acceptors (Lipinski definition) is 6. The minimum Gasteiger partial charge on any atom is -0.351 e. The molecule has 0 saturated carbocycles. The molecule has 0 spiro atoms. The SMILES string of the molecule is CC(C)(C)c1cc(C(=O)NC(=O)Nc2ccc(Sc3ccncc3)cc2)on1. The summed E-state index contributed by atoms with van der Waals surface area (Å²) in [4.78, 5) is 30.3. The molecule has 1 aromatic carbocycles. The molecule has 3 rings (SSSR count). The molecular formula is C20H20N4O3S. The van der Waals surface area contributed by atoms with Gasteiger partial charge >= 0.3 is 6.03 Å². The summed E-state index contributed by atoms with van der Waals surface area (Å²) in [5.41, 5.74) is 0.956. The third-order valence-corrected chi connectivity index (χ3v) is 4.74. The standard InChI is InChI=1S/C20H20N4O3S/c1-20(2,3)17-12-16(27-24-17)18(25)23-19(26)22-13-4-6-14(7-5-13)28-15-8-10-21-11-9-15/h4-12H,1-3H3,(H2,22,23,25,26). The highest BCUT2D eigenvalue weighted by atomic mass is 32.2. The molecule has 144 valence electrons. The number of hydrogen-bond donors (Lipinski definition) is 2. The van der Waals surface area contributed by atoms with Gasteiger partial charge in [-0.3, -0.25) is 15.1 Å². The Morgan fingerprint density at radius 1 is 1.00 bits per heavy atom. The molecule has 3 aromatic rings. The van der Waals surface area contributed by atoms with Gasteiger partial charge in [0.2, 0.25) is 5.76 Å². The van der Waals surface area contributed by atoms with E-state index >= 15 is 0 Å². The van der Waals surface area contributed by atoms with Crippen molar-refractivity contribution in [2.45, 2.75) is 36.0 Å². The van der Waals surface area contributed by atoms with Gasteiger partial charge in [-0.2, -0.15) is 0 Å². The van der Waals surface area contributed by atoms with Crippen LogP contribution >= 0.6 is 11.8 Å². The molecule has 0 saturated heterocycles. The maximum absolute atomic E-state index is 12.1. The zero-order chi connectivity index (χ0) is 20.1. The van der Waals surface area contributed by atoms with E-state index in [9.17, 15) is 9.59 Å². The highest BCUT2D eigenvalue weighted by Gasteiger charge is 2.22. The number of nitrogens with zero attached hydrogens (tertiary/aromatic N) is 2. The van der Waals surface area contributed by atoms with Crippen molar-refractivity contribution in [1.82, 2.24) is 15.5 Å². The minimum atomic E-state index is -0.648. The molecule has 0 aliphatic carbocycles. The van der Waals surface area contributed by atoms with Crippen LogP contribution in [-0.4, -0.2) is 22.1 Å². The number of anilines is 1. The number of amides is 3. The highest BCUT2D eigenvalue weighted by molar-refractivity contribution is 7.99. The lowest BCUT2D eigenvalue weighted by molar-refractivity contribution is 0.0930. The Morgan fingerprint density at radius 3 is 2.25 bits per heavy atom. The molecule has 0 radical (unpaired) electrons. The van der Waals surface area contributed by atoms with Crippen LogP contribution in [0.5, 0.6) is 0 Å². The van der Waals surface area contributed by atoms with E-state index in [0.717, 1.165) is 9.79 Å². The molecule has 28 heavy (non-hydrogen) atoms. The van der Waals surface area contributed by atoms with Crippen molar-refractivity contribution in [3.63, 3.8) is 0 Å². The molecule has 0 aliphatic heterocycles. The van der Waals surface area contributed by atoms with Gasteiger partial charge in [-0.1, -0.05) is 37.7 Å². The summed E-state index contributed by atoms with van der Waals surface area (Å²) in [6, 6.07) is 12.0. The normalized spacial score (nSPS) is 11.1. The van der Waals surface area contributed by atoms with E-state index in [1.165, 1.54) is 6.07 Å². The molecule has 0 aliphatic rings. The Balaban J connectivity index is 1.55. The lowest BCUT2D eigenvalue weighted by Gasteiger charge is -2.12. The van der Waals surface area contributed by atoms with Gasteiger partial charge in [-0.15, -0.1) is 0 Å². The monoisotopic (exact) mass is 396 g/mol. The molecule has 0 bridgehead atoms. The van der Waals surface area contributed by atoms with Crippen LogP contribution in [0, 0.1) is 0 Å². The predicted octanol–water partition coefficient (Wildman–Crippen LogP) is 4.48. The zero-order valence-electron chi connectivity index (χ0n) is 15.7. The molecule has 7 nitrogen and oxygen atoms in total. The molecule has 2 aromatic heterocycles. The number of aromatic nitrogens is 2. The Labute approximate surface area is 166 Å². The summed E-state index contributed by atoms with van der Waals surface area (Å²) in [5.74, 6) is -0.658. The van der Waals surface area contributed by atoms with Gasteiger partial charge in [-0.25, -0.2) is 4.79 Å². The van der Waals surface area contributed by atoms with Crippen molar-refractivity contribution in [1.29, 1.82) is 0 Å². The fourth-order valence-corrected chi connectivity index (χ4v) is 3.01. The van der Waals surface area contributed by atoms with Gasteiger partial charge in [-0.05, 0) is 36.4 Å². The van der Waals surface area contributed by atoms with Gasteiger partial charge in [0, 0.05) is 39.4 Å². The molecule has 0 fully saturated rings. The number of imide groups is 1. The van der Waals surface area contributed by atoms with E-state index in [1.54, 1.807) is 36.3 Å². The van der Waals surface area contributed by atoms with E-state index in [4.69, 9.17) is 4.52 Å². The lowest BCUT2D eigenvalue weighted by Crippen LogP contribution is -2.34. The summed E-state index contributed by atoms with van der Waals surface area (Å²) >= 11 is 1.59. The first-order valence-electron chi connectivity index (χ1n) is 8.59. The first-order chi connectivity index (χ1) is 13.3. The molecule has 3 amide bonds. The maximum atomic E-state index is 12.1. The van der Waals surface area contributed by atoms with Crippen LogP contribution in [0.3, 0.4) is 0 Å². The van der Waals surface area contributed by atoms with E-state index in [2.05, 4.69) is 20.8 Å². The Hall–Kier alpha value is -3.13. The Bertz CT molecular complexity index is 963. The smallest absolute Gasteiger partial charge is 0.326 e. The number of pyridine rings is 1. The molecular weight excluding hydrogens is 376 g/mol. The third-order valence-electron chi connectivity index (χ3n) is 3.73. The maximum Gasteiger partial charge on any atom is 0.326 e. The van der Waals surface area contributed by atoms with Crippen molar-refractivity contribution in [2.24, 2.45) is 0 Å². The first kappa shape index (κ1) is 19.6. The van der Waals surface area contributed by atoms with Crippen molar-refractivity contribution in [3.05, 3.63) is 66.3 Å². The van der Waals surface area contributed by atoms with E-state index in [0.29, 0.717) is 11.4 Å². The van der Waals surface area contributed by atoms with E-state index in [-0.39, 0.29) is 11.2 Å². The van der Waals surface area contributed by atoms with Gasteiger partial charge in [0.15, 0.2) is 0 Å². The third kappa shape index (κ3) is 5.20. The highest BCUT2D eigenvalue weighted by Crippen LogP contribution is 2.27. The van der Waals surface area contributed by atoms with Crippen LogP contribution in [0.15, 0.2) is 69.2 Å². The Kier molecular flexibility index (Phi) is 5.79. The Morgan fingerprint density at radius 2 is 1.64 bits per heavy atom. The van der Waals surface area contributed by atoms with Crippen LogP contribution in [0.1, 0.15) is 37.0 Å². The van der Waals surface area contributed by atoms with Gasteiger partial charge < -0.3 is 9.84 Å². The summed E-state index contributed by atoms with van der Waals surface area (Å²) in [6.45, 7) is 5.86. The molecule has 0 atom stereocenters. The van der Waals surface area contributed by atoms with Crippen LogP contribution in [0.4, 0.5) is 10.5 Å². The quantitative estimate of drug-likeness (QED) is 0.675. The fraction of sp³-hybridized carbons (Fsp3) is 0.200. The number of urea groups is 1. The van der Waals surface area contributed by atoms with Gasteiger partial charge in [0.25, 0.3) is 5.91 Å². The van der Waals surface area contributed by atoms with Gasteiger partial charge in [0.05, 0.1) is 5.69 Å². The first-order valence-corrected chi connectivity index (χ1v) is 9.40. The van der Waals surface area contributed by atoms with Crippen LogP contribution < -0.4 is 10.6 Å². The van der Waals surface area contributed by atoms with Crippen LogP contribution in [0.2, 0.25) is 0 Å². The predicted molar refractivity (Wildman–Crippen MR) is 106 cm³/mol. The van der Waals surface area contributed by atoms with Crippen molar-refractivity contribution in [3.8, 4) is 0 Å².